The molecule has 2 saturated carbocycles. The van der Waals surface area contributed by atoms with E-state index in [2.05, 4.69) is 20.5 Å². The molecule has 1 aromatic rings. The van der Waals surface area contributed by atoms with Crippen LogP contribution in [-0.2, 0) is 0 Å². The number of hydrogen-bond donors (Lipinski definition) is 2. The summed E-state index contributed by atoms with van der Waals surface area (Å²) in [4.78, 5) is 0. The Morgan fingerprint density at radius 3 is 2.25 bits per heavy atom. The Morgan fingerprint density at radius 1 is 0.857 bits per heavy atom. The van der Waals surface area contributed by atoms with E-state index in [0.717, 1.165) is 75.0 Å². The highest BCUT2D eigenvalue weighted by molar-refractivity contribution is 6.08. The SMILES string of the molecule is OC1CCCC(CC[Si])C1Oc1cccc(OC2CCCC(CC[Si])C2O)c1. The second-order valence-corrected chi connectivity index (χ2v) is 9.23. The van der Waals surface area contributed by atoms with Crippen LogP contribution in [0.25, 0.3) is 0 Å². The van der Waals surface area contributed by atoms with Gasteiger partial charge in [-0.25, -0.2) is 0 Å². The molecule has 6 radical (unpaired) electrons. The number of rotatable bonds is 8. The van der Waals surface area contributed by atoms with Gasteiger partial charge in [0.05, 0.1) is 12.2 Å². The molecule has 3 rings (SSSR count). The zero-order chi connectivity index (χ0) is 19.9. The van der Waals surface area contributed by atoms with Crippen molar-refractivity contribution in [2.24, 2.45) is 11.8 Å². The maximum atomic E-state index is 10.7. The number of hydrogen-bond acceptors (Lipinski definition) is 4. The van der Waals surface area contributed by atoms with E-state index in [0.29, 0.717) is 5.92 Å². The van der Waals surface area contributed by atoms with E-state index in [9.17, 15) is 10.2 Å². The van der Waals surface area contributed by atoms with E-state index in [1.54, 1.807) is 0 Å². The monoisotopic (exact) mass is 416 g/mol. The smallest absolute Gasteiger partial charge is 0.127 e. The third-order valence-electron chi connectivity index (χ3n) is 6.24. The van der Waals surface area contributed by atoms with Crippen molar-refractivity contribution in [2.75, 3.05) is 0 Å². The summed E-state index contributed by atoms with van der Waals surface area (Å²) >= 11 is 0. The Morgan fingerprint density at radius 2 is 1.50 bits per heavy atom. The maximum Gasteiger partial charge on any atom is 0.127 e. The minimum atomic E-state index is -0.432. The van der Waals surface area contributed by atoms with Crippen LogP contribution in [0, 0.1) is 11.8 Å². The maximum absolute atomic E-state index is 10.7. The van der Waals surface area contributed by atoms with Crippen LogP contribution in [0.1, 0.15) is 51.4 Å². The van der Waals surface area contributed by atoms with E-state index < -0.39 is 12.2 Å². The van der Waals surface area contributed by atoms with Crippen LogP contribution >= 0.6 is 0 Å². The van der Waals surface area contributed by atoms with Crippen LogP contribution in [0.15, 0.2) is 24.3 Å². The first-order valence-electron chi connectivity index (χ1n) is 10.7. The van der Waals surface area contributed by atoms with Crippen molar-refractivity contribution in [3.8, 4) is 11.5 Å². The molecular weight excluding hydrogens is 384 g/mol. The number of aliphatic hydroxyl groups excluding tert-OH is 2. The summed E-state index contributed by atoms with van der Waals surface area (Å²) in [6, 6.07) is 9.47. The molecule has 152 valence electrons. The fraction of sp³-hybridized carbons (Fsp3) is 0.727. The van der Waals surface area contributed by atoms with E-state index in [1.165, 1.54) is 0 Å². The van der Waals surface area contributed by atoms with Gasteiger partial charge in [0.2, 0.25) is 0 Å². The van der Waals surface area contributed by atoms with Crippen LogP contribution in [-0.4, -0.2) is 55.1 Å². The highest BCUT2D eigenvalue weighted by Gasteiger charge is 2.34. The van der Waals surface area contributed by atoms with Gasteiger partial charge in [0.25, 0.3) is 0 Å². The van der Waals surface area contributed by atoms with Crippen molar-refractivity contribution in [1.29, 1.82) is 0 Å². The lowest BCUT2D eigenvalue weighted by molar-refractivity contribution is -0.0343. The predicted octanol–water partition coefficient (Wildman–Crippen LogP) is 3.46. The van der Waals surface area contributed by atoms with Gasteiger partial charge in [-0.1, -0.05) is 31.0 Å². The molecular formula is C22H32O4Si2. The Labute approximate surface area is 175 Å². The van der Waals surface area contributed by atoms with Crippen molar-refractivity contribution in [2.45, 2.75) is 87.9 Å². The first-order chi connectivity index (χ1) is 13.6. The van der Waals surface area contributed by atoms with Gasteiger partial charge in [-0.3, -0.25) is 0 Å². The second kappa shape index (κ2) is 10.8. The van der Waals surface area contributed by atoms with Crippen molar-refractivity contribution >= 4 is 20.5 Å². The van der Waals surface area contributed by atoms with Crippen molar-refractivity contribution < 1.29 is 19.7 Å². The van der Waals surface area contributed by atoms with Crippen LogP contribution in [0.5, 0.6) is 11.5 Å². The number of ether oxygens (including phenoxy) is 2. The summed E-state index contributed by atoms with van der Waals surface area (Å²) in [6.45, 7) is 0. The summed E-state index contributed by atoms with van der Waals surface area (Å²) in [5.41, 5.74) is 0. The molecule has 0 bridgehead atoms. The molecule has 2 N–H and O–H groups in total. The lowest BCUT2D eigenvalue weighted by Gasteiger charge is -2.36. The molecule has 6 atom stereocenters. The molecule has 0 spiro atoms. The van der Waals surface area contributed by atoms with Gasteiger partial charge in [0.15, 0.2) is 0 Å². The molecule has 2 aliphatic rings. The fourth-order valence-electron chi connectivity index (χ4n) is 4.71. The topological polar surface area (TPSA) is 58.9 Å². The van der Waals surface area contributed by atoms with E-state index in [4.69, 9.17) is 9.47 Å². The zero-order valence-electron chi connectivity index (χ0n) is 16.6. The van der Waals surface area contributed by atoms with Crippen LogP contribution < -0.4 is 9.47 Å². The van der Waals surface area contributed by atoms with Crippen molar-refractivity contribution in [1.82, 2.24) is 0 Å². The van der Waals surface area contributed by atoms with Gasteiger partial charge >= 0.3 is 0 Å². The lowest BCUT2D eigenvalue weighted by atomic mass is 9.82. The average molecular weight is 417 g/mol. The van der Waals surface area contributed by atoms with Crippen molar-refractivity contribution in [3.63, 3.8) is 0 Å². The highest BCUT2D eigenvalue weighted by Crippen LogP contribution is 2.34. The quantitative estimate of drug-likeness (QED) is 0.637. The summed E-state index contributed by atoms with van der Waals surface area (Å²) in [5, 5.41) is 21.1. The largest absolute Gasteiger partial charge is 0.488 e. The molecule has 1 aromatic carbocycles. The molecule has 28 heavy (non-hydrogen) atoms. The van der Waals surface area contributed by atoms with Crippen LogP contribution in [0.2, 0.25) is 12.1 Å². The van der Waals surface area contributed by atoms with Crippen molar-refractivity contribution in [3.05, 3.63) is 24.3 Å². The minimum absolute atomic E-state index is 0.173. The minimum Gasteiger partial charge on any atom is -0.488 e. The third kappa shape index (κ3) is 5.62. The number of benzene rings is 1. The van der Waals surface area contributed by atoms with Gasteiger partial charge in [-0.05, 0) is 62.5 Å². The van der Waals surface area contributed by atoms with Gasteiger partial charge in [0.1, 0.15) is 23.7 Å². The summed E-state index contributed by atoms with van der Waals surface area (Å²) in [6.07, 6.45) is 6.71. The normalized spacial score (nSPS) is 33.4. The van der Waals surface area contributed by atoms with Crippen LogP contribution in [0.4, 0.5) is 0 Å². The Balaban J connectivity index is 1.65. The average Bonchev–Trinajstić information content (AvgIpc) is 2.68. The summed E-state index contributed by atoms with van der Waals surface area (Å²) in [7, 11) is 7.11. The summed E-state index contributed by atoms with van der Waals surface area (Å²) in [5.74, 6) is 2.10. The molecule has 0 amide bonds. The van der Waals surface area contributed by atoms with E-state index in [1.807, 2.05) is 24.3 Å². The molecule has 2 aliphatic carbocycles. The van der Waals surface area contributed by atoms with Gasteiger partial charge in [-0.2, -0.15) is 0 Å². The van der Waals surface area contributed by atoms with Gasteiger partial charge < -0.3 is 19.7 Å². The fourth-order valence-corrected chi connectivity index (χ4v) is 5.45. The molecule has 2 fully saturated rings. The lowest BCUT2D eigenvalue weighted by Crippen LogP contribution is -2.42. The second-order valence-electron chi connectivity index (χ2n) is 8.23. The molecule has 6 heteroatoms. The van der Waals surface area contributed by atoms with Crippen LogP contribution in [0.3, 0.4) is 0 Å². The highest BCUT2D eigenvalue weighted by atomic mass is 28.1. The molecule has 0 heterocycles. The number of aliphatic hydroxyl groups is 2. The Hall–Kier alpha value is -0.826. The summed E-state index contributed by atoms with van der Waals surface area (Å²) < 4.78 is 12.4. The van der Waals surface area contributed by atoms with E-state index in [-0.39, 0.29) is 18.1 Å². The Kier molecular flexibility index (Phi) is 8.44. The molecule has 4 nitrogen and oxygen atoms in total. The van der Waals surface area contributed by atoms with E-state index >= 15 is 0 Å². The molecule has 6 unspecified atom stereocenters. The Bertz CT molecular complexity index is 596. The van der Waals surface area contributed by atoms with Gasteiger partial charge in [0, 0.05) is 26.6 Å². The standard InChI is InChI=1S/C22H32O4Si2/c23-19-8-1-5-16(11-13-28)22(19)26-18-7-3-6-17(14-18)25-20-9-2-4-15(10-12-27)21(20)24/h3,6-7,14-16,19-24H,1-2,4-5,8-13H2. The third-order valence-corrected chi connectivity index (χ3v) is 6.82. The molecule has 0 aliphatic heterocycles. The predicted molar refractivity (Wildman–Crippen MR) is 112 cm³/mol. The van der Waals surface area contributed by atoms with Gasteiger partial charge in [-0.15, -0.1) is 0 Å². The first-order valence-corrected chi connectivity index (χ1v) is 12.1. The molecule has 0 aromatic heterocycles. The first kappa shape index (κ1) is 21.9. The zero-order valence-corrected chi connectivity index (χ0v) is 18.6. The molecule has 0 saturated heterocycles.